The average Bonchev–Trinajstić information content (AvgIpc) is 3.11. The summed E-state index contributed by atoms with van der Waals surface area (Å²) in [6.07, 6.45) is 2.46. The molecule has 1 aromatic heterocycles. The fourth-order valence-electron chi connectivity index (χ4n) is 2.38. The summed E-state index contributed by atoms with van der Waals surface area (Å²) in [7, 11) is 0. The van der Waals surface area contributed by atoms with Gasteiger partial charge in [0.1, 0.15) is 0 Å². The van der Waals surface area contributed by atoms with Crippen LogP contribution in [0.1, 0.15) is 26.7 Å². The molecule has 1 fully saturated rings. The minimum absolute atomic E-state index is 0.0767. The van der Waals surface area contributed by atoms with E-state index in [-0.39, 0.29) is 5.54 Å². The summed E-state index contributed by atoms with van der Waals surface area (Å²) >= 11 is 6.07. The molecule has 0 saturated heterocycles. The highest BCUT2D eigenvalue weighted by molar-refractivity contribution is 6.33. The second-order valence-corrected chi connectivity index (χ2v) is 5.99. The molecule has 2 N–H and O–H groups in total. The molecule has 0 unspecified atom stereocenters. The number of aromatic nitrogens is 4. The first-order valence-corrected chi connectivity index (χ1v) is 6.72. The molecule has 0 atom stereocenters. The minimum Gasteiger partial charge on any atom is -0.398 e. The zero-order valence-electron chi connectivity index (χ0n) is 11.0. The SMILES string of the molecule is CC(C)(C1CC1)n1nnnc1-c1ccc(N)c(Cl)c1. The summed E-state index contributed by atoms with van der Waals surface area (Å²) in [6, 6.07) is 5.48. The highest BCUT2D eigenvalue weighted by Crippen LogP contribution is 2.44. The van der Waals surface area contributed by atoms with Gasteiger partial charge in [0.25, 0.3) is 0 Å². The van der Waals surface area contributed by atoms with E-state index in [0.717, 1.165) is 11.4 Å². The number of nitrogen functional groups attached to an aromatic ring is 1. The summed E-state index contributed by atoms with van der Waals surface area (Å²) in [4.78, 5) is 0. The third kappa shape index (κ3) is 2.08. The van der Waals surface area contributed by atoms with Gasteiger partial charge in [0.2, 0.25) is 0 Å². The maximum Gasteiger partial charge on any atom is 0.182 e. The molecule has 0 amide bonds. The Hall–Kier alpha value is -1.62. The Kier molecular flexibility index (Phi) is 2.74. The van der Waals surface area contributed by atoms with Gasteiger partial charge in [-0.15, -0.1) is 5.10 Å². The van der Waals surface area contributed by atoms with Crippen LogP contribution in [-0.4, -0.2) is 20.2 Å². The number of anilines is 1. The van der Waals surface area contributed by atoms with Crippen LogP contribution in [0.5, 0.6) is 0 Å². The van der Waals surface area contributed by atoms with Crippen LogP contribution in [-0.2, 0) is 5.54 Å². The summed E-state index contributed by atoms with van der Waals surface area (Å²) < 4.78 is 1.90. The molecule has 1 aromatic carbocycles. The lowest BCUT2D eigenvalue weighted by molar-refractivity contribution is 0.271. The van der Waals surface area contributed by atoms with E-state index in [1.807, 2.05) is 16.8 Å². The predicted octanol–water partition coefficient (Wildman–Crippen LogP) is 2.72. The molecular weight excluding hydrogens is 262 g/mol. The molecule has 1 aliphatic rings. The van der Waals surface area contributed by atoms with E-state index in [0.29, 0.717) is 16.6 Å². The largest absolute Gasteiger partial charge is 0.398 e. The van der Waals surface area contributed by atoms with Crippen LogP contribution < -0.4 is 5.73 Å². The van der Waals surface area contributed by atoms with Gasteiger partial charge in [0, 0.05) is 5.56 Å². The minimum atomic E-state index is -0.0767. The second kappa shape index (κ2) is 4.20. The van der Waals surface area contributed by atoms with E-state index in [1.165, 1.54) is 12.8 Å². The number of nitrogens with zero attached hydrogens (tertiary/aromatic N) is 4. The molecule has 1 heterocycles. The van der Waals surface area contributed by atoms with Crippen LogP contribution in [0.4, 0.5) is 5.69 Å². The standard InChI is InChI=1S/C13H16ClN5/c1-13(2,9-4-5-9)19-12(16-17-18-19)8-3-6-11(15)10(14)7-8/h3,6-7,9H,4-5,15H2,1-2H3. The van der Waals surface area contributed by atoms with Crippen LogP contribution in [0.2, 0.25) is 5.02 Å². The summed E-state index contributed by atoms with van der Waals surface area (Å²) in [5.41, 5.74) is 7.11. The lowest BCUT2D eigenvalue weighted by Gasteiger charge is -2.25. The van der Waals surface area contributed by atoms with E-state index >= 15 is 0 Å². The van der Waals surface area contributed by atoms with Gasteiger partial charge >= 0.3 is 0 Å². The van der Waals surface area contributed by atoms with Gasteiger partial charge in [-0.25, -0.2) is 4.68 Å². The number of halogens is 1. The molecule has 1 aliphatic carbocycles. The topological polar surface area (TPSA) is 69.6 Å². The molecule has 0 spiro atoms. The summed E-state index contributed by atoms with van der Waals surface area (Å²) in [5.74, 6) is 1.37. The maximum absolute atomic E-state index is 6.07. The van der Waals surface area contributed by atoms with Crippen molar-refractivity contribution in [3.8, 4) is 11.4 Å². The smallest absolute Gasteiger partial charge is 0.182 e. The molecule has 3 rings (SSSR count). The molecule has 1 saturated carbocycles. The van der Waals surface area contributed by atoms with E-state index in [4.69, 9.17) is 17.3 Å². The molecule has 0 aliphatic heterocycles. The molecule has 100 valence electrons. The Morgan fingerprint density at radius 2 is 2.11 bits per heavy atom. The molecule has 5 nitrogen and oxygen atoms in total. The zero-order valence-corrected chi connectivity index (χ0v) is 11.7. The summed E-state index contributed by atoms with van der Waals surface area (Å²) in [6.45, 7) is 4.34. The average molecular weight is 278 g/mol. The quantitative estimate of drug-likeness (QED) is 0.876. The van der Waals surface area contributed by atoms with Gasteiger partial charge < -0.3 is 5.73 Å². The van der Waals surface area contributed by atoms with Crippen molar-refractivity contribution in [2.24, 2.45) is 5.92 Å². The lowest BCUT2D eigenvalue weighted by atomic mass is 9.98. The highest BCUT2D eigenvalue weighted by Gasteiger charge is 2.41. The Labute approximate surface area is 116 Å². The van der Waals surface area contributed by atoms with Crippen molar-refractivity contribution in [1.29, 1.82) is 0 Å². The number of hydrogen-bond acceptors (Lipinski definition) is 4. The van der Waals surface area contributed by atoms with Crippen LogP contribution in [0.3, 0.4) is 0 Å². The number of nitrogens with two attached hydrogens (primary N) is 1. The van der Waals surface area contributed by atoms with Crippen LogP contribution in [0.25, 0.3) is 11.4 Å². The first-order valence-electron chi connectivity index (χ1n) is 6.34. The zero-order chi connectivity index (χ0) is 13.6. The van der Waals surface area contributed by atoms with Gasteiger partial charge in [-0.2, -0.15) is 0 Å². The van der Waals surface area contributed by atoms with Gasteiger partial charge in [-0.05, 0) is 61.2 Å². The van der Waals surface area contributed by atoms with E-state index in [2.05, 4.69) is 29.4 Å². The lowest BCUT2D eigenvalue weighted by Crippen LogP contribution is -2.30. The number of hydrogen-bond donors (Lipinski definition) is 1. The van der Waals surface area contributed by atoms with Crippen molar-refractivity contribution in [3.63, 3.8) is 0 Å². The molecule has 2 aromatic rings. The fraction of sp³-hybridized carbons (Fsp3) is 0.462. The Balaban J connectivity index is 2.06. The van der Waals surface area contributed by atoms with Crippen LogP contribution in [0, 0.1) is 5.92 Å². The van der Waals surface area contributed by atoms with Crippen LogP contribution >= 0.6 is 11.6 Å². The number of benzene rings is 1. The molecular formula is C13H16ClN5. The van der Waals surface area contributed by atoms with Crippen molar-refractivity contribution in [1.82, 2.24) is 20.2 Å². The fourth-order valence-corrected chi connectivity index (χ4v) is 2.56. The first-order chi connectivity index (χ1) is 9.00. The van der Waals surface area contributed by atoms with Gasteiger partial charge in [0.05, 0.1) is 16.2 Å². The van der Waals surface area contributed by atoms with Crippen molar-refractivity contribution < 1.29 is 0 Å². The summed E-state index contributed by atoms with van der Waals surface area (Å²) in [5, 5.41) is 12.6. The van der Waals surface area contributed by atoms with Crippen molar-refractivity contribution in [2.45, 2.75) is 32.2 Å². The van der Waals surface area contributed by atoms with Crippen molar-refractivity contribution in [2.75, 3.05) is 5.73 Å². The number of tetrazole rings is 1. The van der Waals surface area contributed by atoms with E-state index in [1.54, 1.807) is 6.07 Å². The molecule has 0 bridgehead atoms. The van der Waals surface area contributed by atoms with Crippen molar-refractivity contribution in [3.05, 3.63) is 23.2 Å². The Morgan fingerprint density at radius 1 is 1.37 bits per heavy atom. The molecule has 0 radical (unpaired) electrons. The molecule has 19 heavy (non-hydrogen) atoms. The molecule has 6 heteroatoms. The Morgan fingerprint density at radius 3 is 2.74 bits per heavy atom. The first kappa shape index (κ1) is 12.4. The van der Waals surface area contributed by atoms with Gasteiger partial charge in [-0.1, -0.05) is 11.6 Å². The highest BCUT2D eigenvalue weighted by atomic mass is 35.5. The third-order valence-electron chi connectivity index (χ3n) is 3.85. The van der Waals surface area contributed by atoms with E-state index < -0.39 is 0 Å². The number of rotatable bonds is 3. The van der Waals surface area contributed by atoms with E-state index in [9.17, 15) is 0 Å². The normalized spacial score (nSPS) is 15.7. The second-order valence-electron chi connectivity index (χ2n) is 5.58. The van der Waals surface area contributed by atoms with Gasteiger partial charge in [0.15, 0.2) is 5.82 Å². The Bertz CT molecular complexity index is 615. The van der Waals surface area contributed by atoms with Crippen LogP contribution in [0.15, 0.2) is 18.2 Å². The predicted molar refractivity (Wildman–Crippen MR) is 74.7 cm³/mol. The third-order valence-corrected chi connectivity index (χ3v) is 4.18. The monoisotopic (exact) mass is 277 g/mol. The maximum atomic E-state index is 6.07. The van der Waals surface area contributed by atoms with Crippen molar-refractivity contribution >= 4 is 17.3 Å². The van der Waals surface area contributed by atoms with Gasteiger partial charge in [-0.3, -0.25) is 0 Å².